The van der Waals surface area contributed by atoms with Crippen molar-refractivity contribution in [2.24, 2.45) is 5.73 Å². The van der Waals surface area contributed by atoms with Gasteiger partial charge in [0.15, 0.2) is 0 Å². The van der Waals surface area contributed by atoms with E-state index in [-0.39, 0.29) is 11.9 Å². The molecule has 2 N–H and O–H groups in total. The summed E-state index contributed by atoms with van der Waals surface area (Å²) in [5, 5.41) is 0. The molecule has 1 aromatic rings. The molecule has 1 unspecified atom stereocenters. The van der Waals surface area contributed by atoms with Crippen molar-refractivity contribution < 1.29 is 9.53 Å². The number of ether oxygens (including phenoxy) is 1. The lowest BCUT2D eigenvalue weighted by molar-refractivity contribution is -0.129. The van der Waals surface area contributed by atoms with Gasteiger partial charge in [0.2, 0.25) is 5.91 Å². The van der Waals surface area contributed by atoms with E-state index in [4.69, 9.17) is 10.5 Å². The molecule has 1 aromatic carbocycles. The third-order valence-corrected chi connectivity index (χ3v) is 4.05. The Kier molecular flexibility index (Phi) is 5.39. The van der Waals surface area contributed by atoms with Crippen molar-refractivity contribution in [1.29, 1.82) is 0 Å². The molecule has 1 atom stereocenters. The van der Waals surface area contributed by atoms with Crippen LogP contribution in [-0.2, 0) is 4.79 Å². The number of methoxy groups -OCH3 is 1. The zero-order valence-electron chi connectivity index (χ0n) is 12.8. The Bertz CT molecular complexity index is 525. The molecule has 4 heteroatoms. The lowest BCUT2D eigenvalue weighted by Gasteiger charge is -2.34. The van der Waals surface area contributed by atoms with Gasteiger partial charge in [0.25, 0.3) is 0 Å². The molecule has 1 amide bonds. The van der Waals surface area contributed by atoms with Gasteiger partial charge in [-0.1, -0.05) is 12.1 Å². The minimum atomic E-state index is 0.0606. The van der Waals surface area contributed by atoms with Gasteiger partial charge in [0.1, 0.15) is 5.75 Å². The van der Waals surface area contributed by atoms with Crippen molar-refractivity contribution in [3.8, 4) is 5.75 Å². The fourth-order valence-corrected chi connectivity index (χ4v) is 2.76. The van der Waals surface area contributed by atoms with Gasteiger partial charge in [-0.15, -0.1) is 0 Å². The quantitative estimate of drug-likeness (QED) is 0.866. The highest BCUT2D eigenvalue weighted by Crippen LogP contribution is 2.21. The fraction of sp³-hybridized carbons (Fsp3) is 0.471. The number of carbonyl (C=O) groups excluding carboxylic acids is 1. The van der Waals surface area contributed by atoms with E-state index in [1.165, 1.54) is 0 Å². The van der Waals surface area contributed by atoms with Crippen LogP contribution in [-0.4, -0.2) is 37.0 Å². The summed E-state index contributed by atoms with van der Waals surface area (Å²) < 4.78 is 5.22. The van der Waals surface area contributed by atoms with E-state index in [0.29, 0.717) is 6.54 Å². The van der Waals surface area contributed by atoms with Gasteiger partial charge >= 0.3 is 0 Å². The van der Waals surface area contributed by atoms with Crippen LogP contribution in [0.2, 0.25) is 0 Å². The molecular weight excluding hydrogens is 264 g/mol. The molecular formula is C17H24N2O2. The summed E-state index contributed by atoms with van der Waals surface area (Å²) in [5.41, 5.74) is 7.73. The summed E-state index contributed by atoms with van der Waals surface area (Å²) in [6.45, 7) is 3.30. The second kappa shape index (κ2) is 7.27. The SMILES string of the molecule is COc1cccc(/C(C)=C/C(=O)N2CCCCC2CN)c1. The Morgan fingerprint density at radius 1 is 1.48 bits per heavy atom. The molecule has 1 heterocycles. The first-order valence-electron chi connectivity index (χ1n) is 7.49. The number of piperidine rings is 1. The van der Waals surface area contributed by atoms with E-state index < -0.39 is 0 Å². The lowest BCUT2D eigenvalue weighted by atomic mass is 10.0. The summed E-state index contributed by atoms with van der Waals surface area (Å²) >= 11 is 0. The predicted octanol–water partition coefficient (Wildman–Crippen LogP) is 2.44. The number of rotatable bonds is 4. The highest BCUT2D eigenvalue weighted by molar-refractivity contribution is 5.95. The molecule has 1 aliphatic rings. The third kappa shape index (κ3) is 3.85. The van der Waals surface area contributed by atoms with Gasteiger partial charge in [-0.25, -0.2) is 0 Å². The first-order chi connectivity index (χ1) is 10.2. The average molecular weight is 288 g/mol. The maximum Gasteiger partial charge on any atom is 0.247 e. The molecule has 0 aromatic heterocycles. The van der Waals surface area contributed by atoms with Crippen LogP contribution < -0.4 is 10.5 Å². The summed E-state index contributed by atoms with van der Waals surface area (Å²) in [7, 11) is 1.64. The van der Waals surface area contributed by atoms with Crippen LogP contribution in [0.4, 0.5) is 0 Å². The Labute approximate surface area is 126 Å². The van der Waals surface area contributed by atoms with Crippen LogP contribution in [0.1, 0.15) is 31.7 Å². The number of allylic oxidation sites excluding steroid dienone is 1. The number of likely N-dealkylation sites (tertiary alicyclic amines) is 1. The minimum Gasteiger partial charge on any atom is -0.497 e. The lowest BCUT2D eigenvalue weighted by Crippen LogP contribution is -2.46. The van der Waals surface area contributed by atoms with E-state index in [9.17, 15) is 4.79 Å². The fourth-order valence-electron chi connectivity index (χ4n) is 2.76. The number of nitrogens with zero attached hydrogens (tertiary/aromatic N) is 1. The topological polar surface area (TPSA) is 55.6 Å². The van der Waals surface area contributed by atoms with E-state index in [1.807, 2.05) is 36.1 Å². The van der Waals surface area contributed by atoms with Gasteiger partial charge in [-0.2, -0.15) is 0 Å². The van der Waals surface area contributed by atoms with Crippen LogP contribution in [0.15, 0.2) is 30.3 Å². The molecule has 0 bridgehead atoms. The number of benzene rings is 1. The van der Waals surface area contributed by atoms with Crippen molar-refractivity contribution in [2.75, 3.05) is 20.2 Å². The van der Waals surface area contributed by atoms with Gasteiger partial charge in [-0.05, 0) is 49.5 Å². The molecule has 0 saturated carbocycles. The van der Waals surface area contributed by atoms with E-state index in [2.05, 4.69) is 0 Å². The molecule has 0 spiro atoms. The Morgan fingerprint density at radius 2 is 2.29 bits per heavy atom. The molecule has 4 nitrogen and oxygen atoms in total. The van der Waals surface area contributed by atoms with Gasteiger partial charge in [-0.3, -0.25) is 4.79 Å². The van der Waals surface area contributed by atoms with Crippen LogP contribution in [0.3, 0.4) is 0 Å². The molecule has 1 aliphatic heterocycles. The largest absolute Gasteiger partial charge is 0.497 e. The van der Waals surface area contributed by atoms with Crippen molar-refractivity contribution >= 4 is 11.5 Å². The number of hydrogen-bond donors (Lipinski definition) is 1. The van der Waals surface area contributed by atoms with Gasteiger partial charge < -0.3 is 15.4 Å². The molecule has 0 aliphatic carbocycles. The van der Waals surface area contributed by atoms with E-state index >= 15 is 0 Å². The molecule has 0 radical (unpaired) electrons. The zero-order chi connectivity index (χ0) is 15.2. The molecule has 21 heavy (non-hydrogen) atoms. The van der Waals surface area contributed by atoms with E-state index in [1.54, 1.807) is 13.2 Å². The monoisotopic (exact) mass is 288 g/mol. The number of amides is 1. The van der Waals surface area contributed by atoms with Gasteiger partial charge in [0.05, 0.1) is 7.11 Å². The Hall–Kier alpha value is -1.81. The molecule has 114 valence electrons. The van der Waals surface area contributed by atoms with Crippen molar-refractivity contribution in [2.45, 2.75) is 32.2 Å². The first kappa shape index (κ1) is 15.6. The molecule has 1 saturated heterocycles. The zero-order valence-corrected chi connectivity index (χ0v) is 12.8. The smallest absolute Gasteiger partial charge is 0.247 e. The van der Waals surface area contributed by atoms with E-state index in [0.717, 1.165) is 42.7 Å². The minimum absolute atomic E-state index is 0.0606. The summed E-state index contributed by atoms with van der Waals surface area (Å²) in [6, 6.07) is 7.93. The summed E-state index contributed by atoms with van der Waals surface area (Å²) in [5.74, 6) is 0.857. The van der Waals surface area contributed by atoms with Crippen LogP contribution in [0.25, 0.3) is 5.57 Å². The highest BCUT2D eigenvalue weighted by atomic mass is 16.5. The highest BCUT2D eigenvalue weighted by Gasteiger charge is 2.24. The van der Waals surface area contributed by atoms with Crippen LogP contribution in [0.5, 0.6) is 5.75 Å². The second-order valence-electron chi connectivity index (χ2n) is 5.48. The van der Waals surface area contributed by atoms with Crippen molar-refractivity contribution in [3.63, 3.8) is 0 Å². The molecule has 2 rings (SSSR count). The first-order valence-corrected chi connectivity index (χ1v) is 7.49. The maximum absolute atomic E-state index is 12.5. The summed E-state index contributed by atoms with van der Waals surface area (Å²) in [6.07, 6.45) is 4.94. The van der Waals surface area contributed by atoms with Crippen LogP contribution >= 0.6 is 0 Å². The predicted molar refractivity (Wildman–Crippen MR) is 85.1 cm³/mol. The third-order valence-electron chi connectivity index (χ3n) is 4.05. The van der Waals surface area contributed by atoms with Crippen molar-refractivity contribution in [1.82, 2.24) is 4.90 Å². The average Bonchev–Trinajstić information content (AvgIpc) is 2.54. The standard InChI is InChI=1S/C17H24N2O2/c1-13(14-6-5-8-16(11-14)21-2)10-17(20)19-9-4-3-7-15(19)12-18/h5-6,8,10-11,15H,3-4,7,9,12,18H2,1-2H3/b13-10+. The number of hydrogen-bond acceptors (Lipinski definition) is 3. The molecule has 1 fully saturated rings. The number of nitrogens with two attached hydrogens (primary N) is 1. The van der Waals surface area contributed by atoms with Crippen LogP contribution in [0, 0.1) is 0 Å². The maximum atomic E-state index is 12.5. The second-order valence-corrected chi connectivity index (χ2v) is 5.48. The van der Waals surface area contributed by atoms with Crippen molar-refractivity contribution in [3.05, 3.63) is 35.9 Å². The summed E-state index contributed by atoms with van der Waals surface area (Å²) in [4.78, 5) is 14.4. The Morgan fingerprint density at radius 3 is 3.00 bits per heavy atom. The van der Waals surface area contributed by atoms with Gasteiger partial charge in [0, 0.05) is 25.2 Å². The Balaban J connectivity index is 2.14. The number of carbonyl (C=O) groups is 1. The normalized spacial score (nSPS) is 19.5.